The molecule has 0 aromatic carbocycles. The minimum absolute atomic E-state index is 0.0624. The van der Waals surface area contributed by atoms with Gasteiger partial charge in [-0.25, -0.2) is 17.7 Å². The molecule has 0 bridgehead atoms. The molecule has 0 aliphatic carbocycles. The highest BCUT2D eigenvalue weighted by molar-refractivity contribution is 7.88. The minimum atomic E-state index is -3.13. The van der Waals surface area contributed by atoms with Crippen molar-refractivity contribution in [3.63, 3.8) is 0 Å². The highest BCUT2D eigenvalue weighted by Crippen LogP contribution is 2.18. The number of amides is 1. The maximum Gasteiger partial charge on any atom is 0.224 e. The van der Waals surface area contributed by atoms with Crippen LogP contribution in [0.4, 0.5) is 0 Å². The molecule has 8 heteroatoms. The predicted octanol–water partition coefficient (Wildman–Crippen LogP) is 0.503. The van der Waals surface area contributed by atoms with E-state index >= 15 is 0 Å². The van der Waals surface area contributed by atoms with E-state index in [1.54, 1.807) is 12.4 Å². The average Bonchev–Trinajstić information content (AvgIpc) is 3.12. The molecule has 2 aromatic heterocycles. The van der Waals surface area contributed by atoms with Crippen molar-refractivity contribution in [1.29, 1.82) is 0 Å². The molecule has 1 aliphatic rings. The van der Waals surface area contributed by atoms with E-state index in [0.717, 1.165) is 23.0 Å². The monoisotopic (exact) mass is 336 g/mol. The molecule has 1 unspecified atom stereocenters. The van der Waals surface area contributed by atoms with Crippen LogP contribution in [0.2, 0.25) is 0 Å². The molecule has 0 saturated carbocycles. The second-order valence-electron chi connectivity index (χ2n) is 5.97. The Bertz CT molecular complexity index is 815. The third-order valence-electron chi connectivity index (χ3n) is 4.19. The number of aromatic amines is 1. The van der Waals surface area contributed by atoms with Crippen LogP contribution < -0.4 is 5.32 Å². The molecular formula is C15H20N4O3S. The van der Waals surface area contributed by atoms with E-state index in [2.05, 4.69) is 15.3 Å². The highest BCUT2D eigenvalue weighted by Gasteiger charge is 2.28. The third-order valence-corrected chi connectivity index (χ3v) is 5.46. The van der Waals surface area contributed by atoms with E-state index in [1.807, 2.05) is 12.1 Å². The topological polar surface area (TPSA) is 95.2 Å². The molecule has 3 rings (SSSR count). The normalized spacial score (nSPS) is 19.3. The Balaban J connectivity index is 1.53. The lowest BCUT2D eigenvalue weighted by Crippen LogP contribution is -2.33. The van der Waals surface area contributed by atoms with Gasteiger partial charge in [0.2, 0.25) is 15.9 Å². The Kier molecular flexibility index (Phi) is 4.36. The van der Waals surface area contributed by atoms with Gasteiger partial charge in [0.25, 0.3) is 0 Å². The Morgan fingerprint density at radius 1 is 1.52 bits per heavy atom. The summed E-state index contributed by atoms with van der Waals surface area (Å²) in [6.45, 7) is 1.52. The zero-order chi connectivity index (χ0) is 16.4. The van der Waals surface area contributed by atoms with Gasteiger partial charge in [-0.05, 0) is 30.0 Å². The first-order valence-corrected chi connectivity index (χ1v) is 9.41. The Labute approximate surface area is 135 Å². The highest BCUT2D eigenvalue weighted by atomic mass is 32.2. The van der Waals surface area contributed by atoms with Crippen molar-refractivity contribution in [2.45, 2.75) is 12.8 Å². The van der Waals surface area contributed by atoms with E-state index in [-0.39, 0.29) is 18.2 Å². The van der Waals surface area contributed by atoms with Gasteiger partial charge in [-0.1, -0.05) is 0 Å². The van der Waals surface area contributed by atoms with Gasteiger partial charge in [0.15, 0.2) is 0 Å². The molecule has 2 aromatic rings. The minimum Gasteiger partial charge on any atom is -0.355 e. The SMILES string of the molecule is CS(=O)(=O)N1CCC(CNC(=O)Cc2c[nH]c3ncccc23)C1. The van der Waals surface area contributed by atoms with Crippen LogP contribution in [0.1, 0.15) is 12.0 Å². The summed E-state index contributed by atoms with van der Waals surface area (Å²) in [4.78, 5) is 19.4. The Morgan fingerprint density at radius 3 is 3.09 bits per heavy atom. The molecule has 124 valence electrons. The van der Waals surface area contributed by atoms with Crippen molar-refractivity contribution in [3.8, 4) is 0 Å². The van der Waals surface area contributed by atoms with E-state index in [1.165, 1.54) is 10.6 Å². The number of carbonyl (C=O) groups is 1. The number of pyridine rings is 1. The lowest BCUT2D eigenvalue weighted by Gasteiger charge is -2.13. The molecule has 3 heterocycles. The van der Waals surface area contributed by atoms with Crippen LogP contribution in [0.15, 0.2) is 24.5 Å². The molecule has 0 radical (unpaired) electrons. The van der Waals surface area contributed by atoms with Crippen LogP contribution >= 0.6 is 0 Å². The number of aromatic nitrogens is 2. The molecule has 23 heavy (non-hydrogen) atoms. The average molecular weight is 336 g/mol. The fourth-order valence-corrected chi connectivity index (χ4v) is 3.84. The molecule has 1 amide bonds. The summed E-state index contributed by atoms with van der Waals surface area (Å²) in [7, 11) is -3.13. The number of fused-ring (bicyclic) bond motifs is 1. The van der Waals surface area contributed by atoms with Crippen molar-refractivity contribution >= 4 is 27.0 Å². The molecule has 2 N–H and O–H groups in total. The standard InChI is InChI=1S/C15H20N4O3S/c1-23(21,22)19-6-4-11(10-19)8-17-14(20)7-12-9-18-15-13(12)3-2-5-16-15/h2-3,5,9,11H,4,6-8,10H2,1H3,(H,16,18)(H,17,20). The van der Waals surface area contributed by atoms with Crippen LogP contribution in [-0.4, -0.2) is 54.5 Å². The van der Waals surface area contributed by atoms with Crippen molar-refractivity contribution in [3.05, 3.63) is 30.1 Å². The first kappa shape index (κ1) is 15.9. The molecular weight excluding hydrogens is 316 g/mol. The summed E-state index contributed by atoms with van der Waals surface area (Å²) in [5.41, 5.74) is 1.68. The van der Waals surface area contributed by atoms with Gasteiger partial charge in [0.1, 0.15) is 5.65 Å². The van der Waals surface area contributed by atoms with Crippen LogP contribution in [0.5, 0.6) is 0 Å². The number of rotatable bonds is 5. The summed E-state index contributed by atoms with van der Waals surface area (Å²) < 4.78 is 24.4. The number of H-pyrrole nitrogens is 1. The third kappa shape index (κ3) is 3.70. The molecule has 7 nitrogen and oxygen atoms in total. The zero-order valence-corrected chi connectivity index (χ0v) is 13.8. The fraction of sp³-hybridized carbons (Fsp3) is 0.467. The van der Waals surface area contributed by atoms with Crippen LogP contribution in [0, 0.1) is 5.92 Å². The van der Waals surface area contributed by atoms with E-state index < -0.39 is 10.0 Å². The molecule has 1 saturated heterocycles. The van der Waals surface area contributed by atoms with Crippen molar-refractivity contribution in [2.24, 2.45) is 5.92 Å². The Morgan fingerprint density at radius 2 is 2.35 bits per heavy atom. The maximum atomic E-state index is 12.1. The van der Waals surface area contributed by atoms with E-state index in [4.69, 9.17) is 0 Å². The maximum absolute atomic E-state index is 12.1. The molecule has 1 atom stereocenters. The van der Waals surface area contributed by atoms with Gasteiger partial charge >= 0.3 is 0 Å². The first-order chi connectivity index (χ1) is 10.9. The largest absolute Gasteiger partial charge is 0.355 e. The van der Waals surface area contributed by atoms with E-state index in [0.29, 0.717) is 19.6 Å². The number of nitrogens with zero attached hydrogens (tertiary/aromatic N) is 2. The number of hydrogen-bond donors (Lipinski definition) is 2. The quantitative estimate of drug-likeness (QED) is 0.831. The summed E-state index contributed by atoms with van der Waals surface area (Å²) in [5.74, 6) is 0.117. The summed E-state index contributed by atoms with van der Waals surface area (Å²) in [5, 5.41) is 3.86. The van der Waals surface area contributed by atoms with Crippen LogP contribution in [0.3, 0.4) is 0 Å². The first-order valence-electron chi connectivity index (χ1n) is 7.56. The number of hydrogen-bond acceptors (Lipinski definition) is 4. The van der Waals surface area contributed by atoms with Gasteiger partial charge < -0.3 is 10.3 Å². The number of sulfonamides is 1. The molecule has 0 spiro atoms. The van der Waals surface area contributed by atoms with Crippen LogP contribution in [-0.2, 0) is 21.2 Å². The zero-order valence-electron chi connectivity index (χ0n) is 12.9. The number of carbonyl (C=O) groups excluding carboxylic acids is 1. The van der Waals surface area contributed by atoms with Crippen LogP contribution in [0.25, 0.3) is 11.0 Å². The van der Waals surface area contributed by atoms with Gasteiger partial charge in [0, 0.05) is 37.4 Å². The van der Waals surface area contributed by atoms with Gasteiger partial charge in [-0.3, -0.25) is 4.79 Å². The molecule has 1 aliphatic heterocycles. The van der Waals surface area contributed by atoms with Crippen molar-refractivity contribution in [1.82, 2.24) is 19.6 Å². The lowest BCUT2D eigenvalue weighted by molar-refractivity contribution is -0.120. The van der Waals surface area contributed by atoms with Crippen molar-refractivity contribution in [2.75, 3.05) is 25.9 Å². The number of nitrogens with one attached hydrogen (secondary N) is 2. The van der Waals surface area contributed by atoms with E-state index in [9.17, 15) is 13.2 Å². The van der Waals surface area contributed by atoms with Crippen molar-refractivity contribution < 1.29 is 13.2 Å². The van der Waals surface area contributed by atoms with Gasteiger partial charge in [-0.2, -0.15) is 0 Å². The summed E-state index contributed by atoms with van der Waals surface area (Å²) >= 11 is 0. The van der Waals surface area contributed by atoms with Gasteiger partial charge in [0.05, 0.1) is 12.7 Å². The smallest absolute Gasteiger partial charge is 0.224 e. The second kappa shape index (κ2) is 6.29. The molecule has 1 fully saturated rings. The summed E-state index contributed by atoms with van der Waals surface area (Å²) in [6.07, 6.45) is 5.80. The second-order valence-corrected chi connectivity index (χ2v) is 7.95. The summed E-state index contributed by atoms with van der Waals surface area (Å²) in [6, 6.07) is 3.78. The lowest BCUT2D eigenvalue weighted by atomic mass is 10.1. The predicted molar refractivity (Wildman–Crippen MR) is 87.3 cm³/mol. The van der Waals surface area contributed by atoms with Gasteiger partial charge in [-0.15, -0.1) is 0 Å². The Hall–Kier alpha value is -1.93. The fourth-order valence-electron chi connectivity index (χ4n) is 2.92.